The highest BCUT2D eigenvalue weighted by molar-refractivity contribution is 5.78. The quantitative estimate of drug-likeness (QED) is 0.770. The molecule has 1 aromatic carbocycles. The number of carboxylic acid groups (broad SMARTS) is 1. The summed E-state index contributed by atoms with van der Waals surface area (Å²) in [5.74, 6) is -0.550. The zero-order valence-corrected chi connectivity index (χ0v) is 8.92. The number of carbonyl (C=O) groups is 2. The number of hydrogen-bond acceptors (Lipinski definition) is 3. The number of rotatable bonds is 5. The molecular formula is C12H11NO4. The monoisotopic (exact) mass is 233 g/mol. The van der Waals surface area contributed by atoms with Gasteiger partial charge in [0.2, 0.25) is 6.41 Å². The number of hydrogen-bond donors (Lipinski definition) is 2. The molecule has 1 atom stereocenters. The van der Waals surface area contributed by atoms with Crippen LogP contribution in [0.3, 0.4) is 0 Å². The van der Waals surface area contributed by atoms with Crippen LogP contribution in [0.2, 0.25) is 0 Å². The molecule has 0 bridgehead atoms. The van der Waals surface area contributed by atoms with E-state index in [9.17, 15) is 9.59 Å². The van der Waals surface area contributed by atoms with Gasteiger partial charge in [-0.25, -0.2) is 0 Å². The van der Waals surface area contributed by atoms with Gasteiger partial charge in [-0.05, 0) is 12.1 Å². The second-order valence-electron chi connectivity index (χ2n) is 3.62. The molecule has 2 rings (SSSR count). The lowest BCUT2D eigenvalue weighted by atomic mass is 10.1. The Kier molecular flexibility index (Phi) is 3.09. The van der Waals surface area contributed by atoms with Crippen LogP contribution >= 0.6 is 0 Å². The molecular weight excluding hydrogens is 222 g/mol. The second kappa shape index (κ2) is 4.69. The van der Waals surface area contributed by atoms with Gasteiger partial charge in [-0.15, -0.1) is 0 Å². The Balaban J connectivity index is 2.34. The van der Waals surface area contributed by atoms with Crippen molar-refractivity contribution in [2.45, 2.75) is 12.5 Å². The predicted octanol–water partition coefficient (Wildman–Crippen LogP) is 1.69. The van der Waals surface area contributed by atoms with Crippen LogP contribution in [-0.2, 0) is 9.59 Å². The molecule has 0 saturated carbocycles. The van der Waals surface area contributed by atoms with Gasteiger partial charge in [0.15, 0.2) is 0 Å². The number of carboxylic acids is 1. The fraction of sp³-hybridized carbons (Fsp3) is 0.167. The summed E-state index contributed by atoms with van der Waals surface area (Å²) in [5.41, 5.74) is 0.672. The number of fused-ring (bicyclic) bond motifs is 1. The minimum Gasteiger partial charge on any atom is -0.481 e. The zero-order valence-electron chi connectivity index (χ0n) is 8.92. The lowest BCUT2D eigenvalue weighted by Crippen LogP contribution is -2.21. The van der Waals surface area contributed by atoms with Gasteiger partial charge in [0, 0.05) is 5.39 Å². The molecule has 2 N–H and O–H groups in total. The van der Waals surface area contributed by atoms with E-state index in [1.54, 1.807) is 12.1 Å². The Morgan fingerprint density at radius 3 is 2.88 bits per heavy atom. The van der Waals surface area contributed by atoms with Gasteiger partial charge in [0.1, 0.15) is 11.3 Å². The lowest BCUT2D eigenvalue weighted by molar-refractivity contribution is -0.137. The second-order valence-corrected chi connectivity index (χ2v) is 3.62. The van der Waals surface area contributed by atoms with E-state index in [-0.39, 0.29) is 6.42 Å². The van der Waals surface area contributed by atoms with E-state index in [1.807, 2.05) is 18.2 Å². The van der Waals surface area contributed by atoms with Gasteiger partial charge in [-0.3, -0.25) is 9.59 Å². The maximum Gasteiger partial charge on any atom is 0.305 e. The van der Waals surface area contributed by atoms with E-state index in [0.717, 1.165) is 5.39 Å². The van der Waals surface area contributed by atoms with Crippen LogP contribution in [0.4, 0.5) is 0 Å². The van der Waals surface area contributed by atoms with E-state index >= 15 is 0 Å². The molecule has 0 unspecified atom stereocenters. The number of carbonyl (C=O) groups excluding carboxylic acids is 1. The maximum atomic E-state index is 10.7. The summed E-state index contributed by atoms with van der Waals surface area (Å²) in [6, 6.07) is 8.44. The summed E-state index contributed by atoms with van der Waals surface area (Å²) in [7, 11) is 0. The first kappa shape index (κ1) is 11.2. The smallest absolute Gasteiger partial charge is 0.305 e. The molecule has 1 amide bonds. The number of nitrogens with one attached hydrogen (secondary N) is 1. The van der Waals surface area contributed by atoms with Crippen LogP contribution in [0.1, 0.15) is 18.2 Å². The molecule has 5 heteroatoms. The SMILES string of the molecule is O=CN[C@H](CC(=O)O)c1cc2ccccc2o1. The molecule has 0 aliphatic carbocycles. The van der Waals surface area contributed by atoms with Crippen LogP contribution in [0, 0.1) is 0 Å². The van der Waals surface area contributed by atoms with Gasteiger partial charge in [0.05, 0.1) is 12.5 Å². The first-order valence-corrected chi connectivity index (χ1v) is 5.10. The van der Waals surface area contributed by atoms with Gasteiger partial charge in [0.25, 0.3) is 0 Å². The van der Waals surface area contributed by atoms with Crippen LogP contribution < -0.4 is 5.32 Å². The Morgan fingerprint density at radius 2 is 2.24 bits per heavy atom. The Morgan fingerprint density at radius 1 is 1.47 bits per heavy atom. The van der Waals surface area contributed by atoms with Crippen molar-refractivity contribution in [2.24, 2.45) is 0 Å². The fourth-order valence-electron chi connectivity index (χ4n) is 1.67. The third-order valence-corrected chi connectivity index (χ3v) is 2.44. The molecule has 5 nitrogen and oxygen atoms in total. The van der Waals surface area contributed by atoms with Crippen molar-refractivity contribution in [3.63, 3.8) is 0 Å². The number of benzene rings is 1. The molecule has 2 aromatic rings. The highest BCUT2D eigenvalue weighted by Gasteiger charge is 2.18. The lowest BCUT2D eigenvalue weighted by Gasteiger charge is -2.09. The van der Waals surface area contributed by atoms with Crippen LogP contribution in [0.15, 0.2) is 34.7 Å². The first-order valence-electron chi connectivity index (χ1n) is 5.10. The molecule has 0 aliphatic heterocycles. The van der Waals surface area contributed by atoms with E-state index in [4.69, 9.17) is 9.52 Å². The van der Waals surface area contributed by atoms with Crippen LogP contribution in [0.25, 0.3) is 11.0 Å². The van der Waals surface area contributed by atoms with Gasteiger partial charge in [-0.2, -0.15) is 0 Å². The topological polar surface area (TPSA) is 79.5 Å². The molecule has 1 heterocycles. The van der Waals surface area contributed by atoms with Crippen molar-refractivity contribution in [1.29, 1.82) is 0 Å². The van der Waals surface area contributed by atoms with Crippen molar-refractivity contribution in [3.8, 4) is 0 Å². The Bertz CT molecular complexity index is 513. The Hall–Kier alpha value is -2.30. The predicted molar refractivity (Wildman–Crippen MR) is 60.4 cm³/mol. The van der Waals surface area contributed by atoms with Gasteiger partial charge >= 0.3 is 5.97 Å². The Labute approximate surface area is 97.0 Å². The van der Waals surface area contributed by atoms with Gasteiger partial charge < -0.3 is 14.8 Å². The van der Waals surface area contributed by atoms with Crippen LogP contribution in [0.5, 0.6) is 0 Å². The number of para-hydroxylation sites is 1. The molecule has 88 valence electrons. The average Bonchev–Trinajstić information content (AvgIpc) is 2.71. The molecule has 0 aliphatic rings. The van der Waals surface area contributed by atoms with E-state index in [1.165, 1.54) is 0 Å². The maximum absolute atomic E-state index is 10.7. The van der Waals surface area contributed by atoms with Crippen molar-refractivity contribution in [3.05, 3.63) is 36.1 Å². The van der Waals surface area contributed by atoms with E-state index < -0.39 is 12.0 Å². The highest BCUT2D eigenvalue weighted by Crippen LogP contribution is 2.25. The van der Waals surface area contributed by atoms with Crippen molar-refractivity contribution in [2.75, 3.05) is 0 Å². The average molecular weight is 233 g/mol. The van der Waals surface area contributed by atoms with Gasteiger partial charge in [-0.1, -0.05) is 18.2 Å². The largest absolute Gasteiger partial charge is 0.481 e. The molecule has 1 aromatic heterocycles. The number of amides is 1. The van der Waals surface area contributed by atoms with E-state index in [2.05, 4.69) is 5.32 Å². The molecule has 0 radical (unpaired) electrons. The van der Waals surface area contributed by atoms with E-state index in [0.29, 0.717) is 17.8 Å². The minimum absolute atomic E-state index is 0.210. The summed E-state index contributed by atoms with van der Waals surface area (Å²) in [4.78, 5) is 21.1. The summed E-state index contributed by atoms with van der Waals surface area (Å²) in [6.07, 6.45) is 0.263. The standard InChI is InChI=1S/C12H11NO4/c14-7-13-9(6-12(15)16)11-5-8-3-1-2-4-10(8)17-11/h1-5,7,9H,6H2,(H,13,14)(H,15,16)/t9-/m1/s1. The molecule has 0 spiro atoms. The molecule has 0 saturated heterocycles. The summed E-state index contributed by atoms with van der Waals surface area (Å²) in [5, 5.41) is 12.1. The summed E-state index contributed by atoms with van der Waals surface area (Å²) in [6.45, 7) is 0. The third kappa shape index (κ3) is 2.44. The normalized spacial score (nSPS) is 12.2. The molecule has 17 heavy (non-hydrogen) atoms. The summed E-state index contributed by atoms with van der Waals surface area (Å²) >= 11 is 0. The first-order chi connectivity index (χ1) is 8.20. The van der Waals surface area contributed by atoms with Crippen molar-refractivity contribution < 1.29 is 19.1 Å². The van der Waals surface area contributed by atoms with Crippen molar-refractivity contribution >= 4 is 23.3 Å². The third-order valence-electron chi connectivity index (χ3n) is 2.44. The molecule has 0 fully saturated rings. The minimum atomic E-state index is -0.996. The zero-order chi connectivity index (χ0) is 12.3. The highest BCUT2D eigenvalue weighted by atomic mass is 16.4. The number of aliphatic carboxylic acids is 1. The summed E-state index contributed by atoms with van der Waals surface area (Å²) < 4.78 is 5.50. The van der Waals surface area contributed by atoms with Crippen molar-refractivity contribution in [1.82, 2.24) is 5.32 Å². The number of furan rings is 1. The fourth-order valence-corrected chi connectivity index (χ4v) is 1.67. The van der Waals surface area contributed by atoms with Crippen LogP contribution in [-0.4, -0.2) is 17.5 Å².